The number of hydrogen-bond acceptors (Lipinski definition) is 4. The molecule has 1 unspecified atom stereocenters. The maximum atomic E-state index is 12.3. The lowest BCUT2D eigenvalue weighted by Gasteiger charge is -2.28. The van der Waals surface area contributed by atoms with Gasteiger partial charge in [0.15, 0.2) is 0 Å². The van der Waals surface area contributed by atoms with Gasteiger partial charge in [-0.05, 0) is 31.0 Å². The summed E-state index contributed by atoms with van der Waals surface area (Å²) in [6.45, 7) is 6.40. The number of nitrogens with zero attached hydrogens (tertiary/aromatic N) is 2. The van der Waals surface area contributed by atoms with E-state index < -0.39 is 0 Å². The zero-order valence-corrected chi connectivity index (χ0v) is 12.6. The van der Waals surface area contributed by atoms with Crippen LogP contribution in [0.2, 0.25) is 0 Å². The number of likely N-dealkylation sites (N-methyl/N-ethyl adjacent to an activating group) is 2. The summed E-state index contributed by atoms with van der Waals surface area (Å²) < 4.78 is 0. The quantitative estimate of drug-likeness (QED) is 0.856. The summed E-state index contributed by atoms with van der Waals surface area (Å²) in [4.78, 5) is 17.6. The van der Waals surface area contributed by atoms with Gasteiger partial charge in [-0.1, -0.05) is 13.0 Å². The SMILES string of the molecule is CCN(CC(=O)N(C)Cc1cccs1)C1CCNC1. The Bertz CT molecular complexity index is 387. The number of thiophene rings is 1. The van der Waals surface area contributed by atoms with Gasteiger partial charge in [0.25, 0.3) is 0 Å². The van der Waals surface area contributed by atoms with Crippen LogP contribution in [-0.2, 0) is 11.3 Å². The molecule has 0 bridgehead atoms. The summed E-state index contributed by atoms with van der Waals surface area (Å²) in [5.41, 5.74) is 0. The molecule has 1 aliphatic rings. The van der Waals surface area contributed by atoms with Crippen molar-refractivity contribution in [2.75, 3.05) is 33.2 Å². The van der Waals surface area contributed by atoms with Gasteiger partial charge >= 0.3 is 0 Å². The fourth-order valence-corrected chi connectivity index (χ4v) is 3.23. The Morgan fingerprint density at radius 3 is 3.00 bits per heavy atom. The molecule has 2 heterocycles. The van der Waals surface area contributed by atoms with Crippen molar-refractivity contribution in [2.24, 2.45) is 0 Å². The zero-order valence-electron chi connectivity index (χ0n) is 11.8. The smallest absolute Gasteiger partial charge is 0.236 e. The Kier molecular flexibility index (Phi) is 5.36. The fourth-order valence-electron chi connectivity index (χ4n) is 2.47. The Labute approximate surface area is 119 Å². The molecule has 0 saturated carbocycles. The molecule has 0 aromatic carbocycles. The van der Waals surface area contributed by atoms with E-state index in [9.17, 15) is 4.79 Å². The largest absolute Gasteiger partial charge is 0.340 e. The number of carbonyl (C=O) groups excluding carboxylic acids is 1. The van der Waals surface area contributed by atoms with Crippen LogP contribution in [-0.4, -0.2) is 55.0 Å². The Morgan fingerprint density at radius 1 is 1.58 bits per heavy atom. The van der Waals surface area contributed by atoms with Crippen molar-refractivity contribution >= 4 is 17.2 Å². The lowest BCUT2D eigenvalue weighted by atomic mass is 10.2. The molecule has 1 N–H and O–H groups in total. The maximum Gasteiger partial charge on any atom is 0.236 e. The Morgan fingerprint density at radius 2 is 2.42 bits per heavy atom. The average molecular weight is 281 g/mol. The molecule has 106 valence electrons. The Balaban J connectivity index is 1.84. The van der Waals surface area contributed by atoms with E-state index in [1.165, 1.54) is 4.88 Å². The van der Waals surface area contributed by atoms with Crippen LogP contribution in [0.25, 0.3) is 0 Å². The van der Waals surface area contributed by atoms with E-state index in [1.54, 1.807) is 11.3 Å². The van der Waals surface area contributed by atoms with Crippen molar-refractivity contribution in [2.45, 2.75) is 25.9 Å². The minimum Gasteiger partial charge on any atom is -0.340 e. The van der Waals surface area contributed by atoms with Crippen LogP contribution in [0.4, 0.5) is 0 Å². The molecule has 1 aromatic rings. The van der Waals surface area contributed by atoms with Crippen LogP contribution in [0.15, 0.2) is 17.5 Å². The maximum absolute atomic E-state index is 12.3. The number of hydrogen-bond donors (Lipinski definition) is 1. The van der Waals surface area contributed by atoms with Crippen LogP contribution in [0.5, 0.6) is 0 Å². The van der Waals surface area contributed by atoms with Gasteiger partial charge in [0.2, 0.25) is 5.91 Å². The van der Waals surface area contributed by atoms with Crippen molar-refractivity contribution in [3.63, 3.8) is 0 Å². The fraction of sp³-hybridized carbons (Fsp3) is 0.643. The molecule has 0 radical (unpaired) electrons. The molecule has 1 fully saturated rings. The molecule has 1 aliphatic heterocycles. The van der Waals surface area contributed by atoms with Crippen LogP contribution < -0.4 is 5.32 Å². The topological polar surface area (TPSA) is 35.6 Å². The van der Waals surface area contributed by atoms with Crippen LogP contribution in [0, 0.1) is 0 Å². The van der Waals surface area contributed by atoms with Crippen molar-refractivity contribution in [3.8, 4) is 0 Å². The second kappa shape index (κ2) is 7.03. The summed E-state index contributed by atoms with van der Waals surface area (Å²) in [5, 5.41) is 5.41. The third kappa shape index (κ3) is 4.03. The summed E-state index contributed by atoms with van der Waals surface area (Å²) in [7, 11) is 1.89. The van der Waals surface area contributed by atoms with Crippen LogP contribution in [0.3, 0.4) is 0 Å². The zero-order chi connectivity index (χ0) is 13.7. The highest BCUT2D eigenvalue weighted by Gasteiger charge is 2.23. The summed E-state index contributed by atoms with van der Waals surface area (Å²) in [6.07, 6.45) is 1.15. The molecule has 5 heteroatoms. The molecule has 19 heavy (non-hydrogen) atoms. The summed E-state index contributed by atoms with van der Waals surface area (Å²) in [6, 6.07) is 4.62. The molecular formula is C14H23N3OS. The summed E-state index contributed by atoms with van der Waals surface area (Å²) in [5.74, 6) is 0.210. The van der Waals surface area contributed by atoms with Gasteiger partial charge in [0.05, 0.1) is 13.1 Å². The molecule has 1 amide bonds. The molecule has 4 nitrogen and oxygen atoms in total. The van der Waals surface area contributed by atoms with Gasteiger partial charge in [-0.3, -0.25) is 9.69 Å². The van der Waals surface area contributed by atoms with Gasteiger partial charge in [0, 0.05) is 24.5 Å². The van der Waals surface area contributed by atoms with Crippen LogP contribution >= 0.6 is 11.3 Å². The van der Waals surface area contributed by atoms with E-state index in [2.05, 4.69) is 28.6 Å². The van der Waals surface area contributed by atoms with Crippen LogP contribution in [0.1, 0.15) is 18.2 Å². The van der Waals surface area contributed by atoms with Crippen molar-refractivity contribution < 1.29 is 4.79 Å². The van der Waals surface area contributed by atoms with Gasteiger partial charge in [-0.25, -0.2) is 0 Å². The third-order valence-corrected chi connectivity index (χ3v) is 4.56. The van der Waals surface area contributed by atoms with Crippen molar-refractivity contribution in [3.05, 3.63) is 22.4 Å². The lowest BCUT2D eigenvalue weighted by Crippen LogP contribution is -2.44. The molecule has 0 spiro atoms. The monoisotopic (exact) mass is 281 g/mol. The van der Waals surface area contributed by atoms with Gasteiger partial charge in [-0.2, -0.15) is 0 Å². The van der Waals surface area contributed by atoms with Gasteiger partial charge in [0.1, 0.15) is 0 Å². The average Bonchev–Trinajstić information content (AvgIpc) is 3.08. The number of carbonyl (C=O) groups is 1. The van der Waals surface area contributed by atoms with E-state index in [1.807, 2.05) is 18.0 Å². The van der Waals surface area contributed by atoms with Crippen molar-refractivity contribution in [1.82, 2.24) is 15.1 Å². The van der Waals surface area contributed by atoms with Gasteiger partial charge in [-0.15, -0.1) is 11.3 Å². The molecule has 2 rings (SSSR count). The van der Waals surface area contributed by atoms with E-state index in [-0.39, 0.29) is 5.91 Å². The minimum atomic E-state index is 0.210. The molecule has 0 aliphatic carbocycles. The lowest BCUT2D eigenvalue weighted by molar-refractivity contribution is -0.132. The molecule has 1 aromatic heterocycles. The van der Waals surface area contributed by atoms with E-state index >= 15 is 0 Å². The summed E-state index contributed by atoms with van der Waals surface area (Å²) >= 11 is 1.70. The normalized spacial score (nSPS) is 19.0. The second-order valence-electron chi connectivity index (χ2n) is 5.04. The highest BCUT2D eigenvalue weighted by molar-refractivity contribution is 7.09. The van der Waals surface area contributed by atoms with E-state index in [0.717, 1.165) is 32.6 Å². The molecular weight excluding hydrogens is 258 g/mol. The highest BCUT2D eigenvalue weighted by atomic mass is 32.1. The highest BCUT2D eigenvalue weighted by Crippen LogP contribution is 2.12. The molecule has 1 saturated heterocycles. The first-order valence-electron chi connectivity index (χ1n) is 6.91. The van der Waals surface area contributed by atoms with E-state index in [4.69, 9.17) is 0 Å². The first kappa shape index (κ1) is 14.5. The predicted molar refractivity (Wildman–Crippen MR) is 79.3 cm³/mol. The number of nitrogens with one attached hydrogen (secondary N) is 1. The van der Waals surface area contributed by atoms with Gasteiger partial charge < -0.3 is 10.2 Å². The van der Waals surface area contributed by atoms with E-state index in [0.29, 0.717) is 12.6 Å². The number of amides is 1. The predicted octanol–water partition coefficient (Wildman–Crippen LogP) is 1.39. The second-order valence-corrected chi connectivity index (χ2v) is 6.07. The minimum absolute atomic E-state index is 0.210. The Hall–Kier alpha value is -0.910. The van der Waals surface area contributed by atoms with Crippen molar-refractivity contribution in [1.29, 1.82) is 0 Å². The number of rotatable bonds is 6. The first-order valence-corrected chi connectivity index (χ1v) is 7.79. The first-order chi connectivity index (χ1) is 9.20. The molecule has 1 atom stereocenters. The standard InChI is InChI=1S/C14H23N3OS/c1-3-17(12-6-7-15-9-12)11-14(18)16(2)10-13-5-4-8-19-13/h4-5,8,12,15H,3,6-7,9-11H2,1-2H3. The third-order valence-electron chi connectivity index (χ3n) is 3.69.